The molecule has 2 atom stereocenters. The lowest BCUT2D eigenvalue weighted by molar-refractivity contribution is -0.160. The topological polar surface area (TPSA) is 129 Å². The lowest BCUT2D eigenvalue weighted by Crippen LogP contribution is -2.32. The van der Waals surface area contributed by atoms with Gasteiger partial charge in [-0.2, -0.15) is 0 Å². The standard InChI is InChI=1S/C35H64N2O9/c1-9-25-36(7)29(38)19-21-31(40)43-27-17-13-16-24-35(6,12-4)46-33(42)44-28-18-14-15-23-34(5,11-3)45-32(41)22-20-30(39)37(8)26-10-2/h9-28H2,1-8H3. The maximum absolute atomic E-state index is 12.4. The predicted octanol–water partition coefficient (Wildman–Crippen LogP) is 6.98. The minimum Gasteiger partial charge on any atom is -0.466 e. The predicted molar refractivity (Wildman–Crippen MR) is 178 cm³/mol. The van der Waals surface area contributed by atoms with E-state index < -0.39 is 17.4 Å². The average molecular weight is 657 g/mol. The molecule has 2 amide bonds. The lowest BCUT2D eigenvalue weighted by Gasteiger charge is -2.29. The third-order valence-corrected chi connectivity index (χ3v) is 8.42. The summed E-state index contributed by atoms with van der Waals surface area (Å²) in [7, 11) is 3.48. The van der Waals surface area contributed by atoms with Crippen LogP contribution in [0.25, 0.3) is 0 Å². The smallest absolute Gasteiger partial charge is 0.466 e. The molecule has 268 valence electrons. The molecule has 0 saturated carbocycles. The molecule has 11 nitrogen and oxygen atoms in total. The fourth-order valence-electron chi connectivity index (χ4n) is 4.85. The van der Waals surface area contributed by atoms with Gasteiger partial charge in [-0.15, -0.1) is 0 Å². The Balaban J connectivity index is 4.18. The zero-order chi connectivity index (χ0) is 35.0. The summed E-state index contributed by atoms with van der Waals surface area (Å²) in [6, 6.07) is 0. The molecule has 0 aromatic rings. The fourth-order valence-corrected chi connectivity index (χ4v) is 4.85. The van der Waals surface area contributed by atoms with Gasteiger partial charge in [0.1, 0.15) is 11.2 Å². The molecule has 0 heterocycles. The first kappa shape index (κ1) is 43.1. The van der Waals surface area contributed by atoms with Crippen molar-refractivity contribution in [1.82, 2.24) is 9.80 Å². The van der Waals surface area contributed by atoms with Crippen LogP contribution in [0.1, 0.15) is 144 Å². The Bertz CT molecular complexity index is 912. The zero-order valence-corrected chi connectivity index (χ0v) is 30.2. The number of carbonyl (C=O) groups is 5. The highest BCUT2D eigenvalue weighted by Crippen LogP contribution is 2.25. The van der Waals surface area contributed by atoms with Crippen molar-refractivity contribution in [3.8, 4) is 0 Å². The summed E-state index contributed by atoms with van der Waals surface area (Å²) in [5.41, 5.74) is -1.23. The Morgan fingerprint density at radius 1 is 0.543 bits per heavy atom. The summed E-state index contributed by atoms with van der Waals surface area (Å²) in [5, 5.41) is 0. The van der Waals surface area contributed by atoms with E-state index in [1.54, 1.807) is 23.9 Å². The van der Waals surface area contributed by atoms with Gasteiger partial charge in [-0.3, -0.25) is 19.2 Å². The van der Waals surface area contributed by atoms with E-state index in [1.807, 2.05) is 41.5 Å². The Hall–Kier alpha value is -2.85. The van der Waals surface area contributed by atoms with Crippen LogP contribution in [-0.2, 0) is 38.1 Å². The number of rotatable bonds is 26. The summed E-state index contributed by atoms with van der Waals surface area (Å²) in [6.07, 6.45) is 8.85. The van der Waals surface area contributed by atoms with E-state index in [0.29, 0.717) is 58.2 Å². The zero-order valence-electron chi connectivity index (χ0n) is 30.2. The molecule has 0 N–H and O–H groups in total. The number of ether oxygens (including phenoxy) is 4. The highest BCUT2D eigenvalue weighted by atomic mass is 16.7. The van der Waals surface area contributed by atoms with Crippen molar-refractivity contribution < 1.29 is 42.9 Å². The molecule has 0 fully saturated rings. The van der Waals surface area contributed by atoms with Crippen molar-refractivity contribution in [2.24, 2.45) is 0 Å². The Labute approximate surface area is 278 Å². The van der Waals surface area contributed by atoms with Crippen LogP contribution in [0.5, 0.6) is 0 Å². The molecular formula is C35H64N2O9. The second-order valence-electron chi connectivity index (χ2n) is 12.8. The molecule has 0 saturated heterocycles. The molecule has 0 aromatic carbocycles. The minimum absolute atomic E-state index is 0.0520. The van der Waals surface area contributed by atoms with E-state index >= 15 is 0 Å². The second-order valence-corrected chi connectivity index (χ2v) is 12.8. The van der Waals surface area contributed by atoms with E-state index in [1.165, 1.54) is 0 Å². The summed E-state index contributed by atoms with van der Waals surface area (Å²) in [5.74, 6) is -0.820. The van der Waals surface area contributed by atoms with E-state index in [2.05, 4.69) is 0 Å². The first-order valence-electron chi connectivity index (χ1n) is 17.5. The SMILES string of the molecule is CCCN(C)C(=O)CCC(=O)OCCCCCC(C)(CC)OC(=O)OCCCCCC(C)(CC)OC(=O)CCC(=O)N(C)CCC. The van der Waals surface area contributed by atoms with Crippen LogP contribution < -0.4 is 0 Å². The number of hydrogen-bond donors (Lipinski definition) is 0. The number of amides is 2. The largest absolute Gasteiger partial charge is 0.508 e. The Kier molecular flexibility index (Phi) is 22.8. The number of unbranched alkanes of at least 4 members (excludes halogenated alkanes) is 4. The second kappa shape index (κ2) is 24.3. The molecule has 0 aliphatic heterocycles. The van der Waals surface area contributed by atoms with Crippen molar-refractivity contribution in [1.29, 1.82) is 0 Å². The van der Waals surface area contributed by atoms with Gasteiger partial charge in [0, 0.05) is 40.0 Å². The van der Waals surface area contributed by atoms with Gasteiger partial charge in [-0.25, -0.2) is 4.79 Å². The third kappa shape index (κ3) is 20.3. The minimum atomic E-state index is -0.677. The molecule has 0 aliphatic carbocycles. The quantitative estimate of drug-likeness (QED) is 0.0550. The van der Waals surface area contributed by atoms with Crippen LogP contribution in [0, 0.1) is 0 Å². The van der Waals surface area contributed by atoms with E-state index in [-0.39, 0.29) is 56.0 Å². The van der Waals surface area contributed by atoms with Crippen molar-refractivity contribution in [3.63, 3.8) is 0 Å². The molecule has 0 radical (unpaired) electrons. The van der Waals surface area contributed by atoms with Gasteiger partial charge in [0.05, 0.1) is 26.1 Å². The van der Waals surface area contributed by atoms with Gasteiger partial charge in [0.25, 0.3) is 0 Å². The van der Waals surface area contributed by atoms with Gasteiger partial charge in [0.15, 0.2) is 0 Å². The lowest BCUT2D eigenvalue weighted by atomic mass is 9.95. The average Bonchev–Trinajstić information content (AvgIpc) is 3.02. The monoisotopic (exact) mass is 656 g/mol. The highest BCUT2D eigenvalue weighted by Gasteiger charge is 2.28. The van der Waals surface area contributed by atoms with Crippen LogP contribution in [0.4, 0.5) is 4.79 Å². The Morgan fingerprint density at radius 3 is 1.43 bits per heavy atom. The van der Waals surface area contributed by atoms with Crippen LogP contribution in [0.2, 0.25) is 0 Å². The molecule has 0 rings (SSSR count). The van der Waals surface area contributed by atoms with Crippen molar-refractivity contribution in [3.05, 3.63) is 0 Å². The highest BCUT2D eigenvalue weighted by molar-refractivity contribution is 5.81. The van der Waals surface area contributed by atoms with Gasteiger partial charge in [0.2, 0.25) is 11.8 Å². The molecule has 0 bridgehead atoms. The van der Waals surface area contributed by atoms with Gasteiger partial charge in [-0.1, -0.05) is 27.7 Å². The molecule has 0 spiro atoms. The molecule has 0 aromatic heterocycles. The van der Waals surface area contributed by atoms with Crippen molar-refractivity contribution in [2.45, 2.75) is 155 Å². The molecule has 11 heteroatoms. The number of nitrogens with zero attached hydrogens (tertiary/aromatic N) is 2. The van der Waals surface area contributed by atoms with E-state index in [9.17, 15) is 24.0 Å². The van der Waals surface area contributed by atoms with Gasteiger partial charge < -0.3 is 28.7 Å². The maximum atomic E-state index is 12.4. The van der Waals surface area contributed by atoms with Gasteiger partial charge in [-0.05, 0) is 90.9 Å². The van der Waals surface area contributed by atoms with Crippen molar-refractivity contribution >= 4 is 29.9 Å². The first-order valence-corrected chi connectivity index (χ1v) is 17.5. The molecule has 2 unspecified atom stereocenters. The van der Waals surface area contributed by atoms with Crippen LogP contribution >= 0.6 is 0 Å². The number of hydrogen-bond acceptors (Lipinski definition) is 9. The fraction of sp³-hybridized carbons (Fsp3) is 0.857. The summed E-state index contributed by atoms with van der Waals surface area (Å²) < 4.78 is 22.0. The number of esters is 2. The van der Waals surface area contributed by atoms with E-state index in [4.69, 9.17) is 18.9 Å². The van der Waals surface area contributed by atoms with Crippen LogP contribution in [0.15, 0.2) is 0 Å². The molecule has 0 aliphatic rings. The number of carbonyl (C=O) groups excluding carboxylic acids is 5. The Morgan fingerprint density at radius 2 is 0.978 bits per heavy atom. The normalized spacial score (nSPS) is 13.6. The van der Waals surface area contributed by atoms with Gasteiger partial charge >= 0.3 is 18.1 Å². The maximum Gasteiger partial charge on any atom is 0.508 e. The van der Waals surface area contributed by atoms with Crippen molar-refractivity contribution in [2.75, 3.05) is 40.4 Å². The summed E-state index contributed by atoms with van der Waals surface area (Å²) in [6.45, 7) is 13.7. The van der Waals surface area contributed by atoms with Crippen LogP contribution in [-0.4, -0.2) is 91.3 Å². The summed E-state index contributed by atoms with van der Waals surface area (Å²) in [4.78, 5) is 63.9. The molecular weight excluding hydrogens is 592 g/mol. The van der Waals surface area contributed by atoms with Crippen LogP contribution in [0.3, 0.4) is 0 Å². The third-order valence-electron chi connectivity index (χ3n) is 8.42. The summed E-state index contributed by atoms with van der Waals surface area (Å²) >= 11 is 0. The van der Waals surface area contributed by atoms with E-state index in [0.717, 1.165) is 38.5 Å². The first-order chi connectivity index (χ1) is 21.7. The molecule has 46 heavy (non-hydrogen) atoms.